The molecule has 2 saturated carbocycles. The molecule has 3 N–H and O–H groups in total. The average Bonchev–Trinajstić information content (AvgIpc) is 4.10. The molecule has 0 unspecified atom stereocenters. The van der Waals surface area contributed by atoms with Gasteiger partial charge in [0.2, 0.25) is 27.7 Å². The van der Waals surface area contributed by atoms with Crippen LogP contribution in [0.1, 0.15) is 68.1 Å². The van der Waals surface area contributed by atoms with E-state index in [1.54, 1.807) is 6.20 Å². The Morgan fingerprint density at radius 2 is 1.76 bits per heavy atom. The lowest BCUT2D eigenvalue weighted by molar-refractivity contribution is -0.141. The first-order valence-corrected chi connectivity index (χ1v) is 20.1. The van der Waals surface area contributed by atoms with Gasteiger partial charge < -0.3 is 20.3 Å². The van der Waals surface area contributed by atoms with Crippen LogP contribution in [-0.4, -0.2) is 87.4 Å². The lowest BCUT2D eigenvalue weighted by atomic mass is 10.0. The zero-order valence-corrected chi connectivity index (χ0v) is 30.6. The number of aromatic nitrogens is 3. The van der Waals surface area contributed by atoms with Gasteiger partial charge in [-0.3, -0.25) is 23.9 Å². The lowest BCUT2D eigenvalue weighted by Crippen LogP contribution is -2.58. The first kappa shape index (κ1) is 36.5. The summed E-state index contributed by atoms with van der Waals surface area (Å²) in [6, 6.07) is 10.6. The van der Waals surface area contributed by atoms with Crippen LogP contribution in [0, 0.1) is 11.7 Å². The molecular weight excluding hydrogens is 730 g/mol. The molecule has 2 aromatic heterocycles. The fourth-order valence-corrected chi connectivity index (χ4v) is 9.00. The molecule has 4 aromatic rings. The molecule has 8 rings (SSSR count). The van der Waals surface area contributed by atoms with Gasteiger partial charge in [-0.15, -0.1) is 0 Å². The van der Waals surface area contributed by atoms with Gasteiger partial charge in [-0.05, 0) is 62.1 Å². The summed E-state index contributed by atoms with van der Waals surface area (Å²) in [6.45, 7) is -0.0839. The zero-order valence-electron chi connectivity index (χ0n) is 29.8. The molecule has 1 saturated heterocycles. The molecule has 55 heavy (non-hydrogen) atoms. The van der Waals surface area contributed by atoms with Crippen LogP contribution in [0.5, 0.6) is 5.88 Å². The Kier molecular flexibility index (Phi) is 9.69. The number of benzene rings is 2. The second-order valence-corrected chi connectivity index (χ2v) is 16.7. The first-order valence-electron chi connectivity index (χ1n) is 18.6. The summed E-state index contributed by atoms with van der Waals surface area (Å²) in [5.74, 6) is -3.80. The van der Waals surface area contributed by atoms with E-state index in [4.69, 9.17) is 4.74 Å². The second kappa shape index (κ2) is 14.6. The zero-order chi connectivity index (χ0) is 38.3. The molecule has 4 amide bonds. The quantitative estimate of drug-likeness (QED) is 0.186. The molecule has 3 fully saturated rings. The van der Waals surface area contributed by atoms with Crippen molar-refractivity contribution in [1.82, 2.24) is 35.2 Å². The minimum Gasteiger partial charge on any atom is -0.472 e. The van der Waals surface area contributed by atoms with Crippen molar-refractivity contribution in [2.75, 3.05) is 6.54 Å². The number of halogens is 1. The van der Waals surface area contributed by atoms with Crippen molar-refractivity contribution in [3.63, 3.8) is 0 Å². The molecule has 0 bridgehead atoms. The number of nitrogens with zero attached hydrogens (tertiary/aromatic N) is 4. The number of fused-ring (bicyclic) bond motifs is 5. The molecule has 5 atom stereocenters. The van der Waals surface area contributed by atoms with E-state index < -0.39 is 74.4 Å². The standard InChI is InChI=1S/C39H40FN7O7S/c40-30-14-9-8-13-28(30)34(48)43-31-15-5-3-1-2-4-10-23-19-39(23,38(51)46-55(52,53)25-16-17-25)45-35(49)32-18-24(21-47(32)37(31)50)54-36-27-12-7-6-11-26(27)29-20-41-22-42-33(29)44-36/h4,6-14,20,22-25,31-32H,1-3,5,15-19,21H2,(H,43,48)(H,45,49)(H,46,51)/b10-4-/t23-,24+,31-,32-,39+/m0/s1. The molecule has 0 radical (unpaired) electrons. The van der Waals surface area contributed by atoms with Gasteiger partial charge in [0.05, 0.1) is 17.4 Å². The van der Waals surface area contributed by atoms with Crippen molar-refractivity contribution >= 4 is 55.5 Å². The highest BCUT2D eigenvalue weighted by atomic mass is 32.2. The third-order valence-electron chi connectivity index (χ3n) is 10.9. The molecule has 4 aliphatic rings. The number of allylic oxidation sites excluding steroid dienone is 1. The van der Waals surface area contributed by atoms with Crippen molar-refractivity contribution in [3.8, 4) is 5.88 Å². The summed E-state index contributed by atoms with van der Waals surface area (Å²) in [7, 11) is -3.92. The van der Waals surface area contributed by atoms with Gasteiger partial charge >= 0.3 is 0 Å². The SMILES string of the molecule is O=C(N[C@H]1CCCCC/C=C\[C@H]2C[C@@]2(C(=O)NS(=O)(=O)C2CC2)NC(=O)[C@@H]2C[C@@H](Oc3nc4ncncc4c4ccccc34)CN2C1=O)c1ccccc1F. The Morgan fingerprint density at radius 3 is 2.56 bits per heavy atom. The fraction of sp³-hybridized carbons (Fsp3) is 0.410. The van der Waals surface area contributed by atoms with Crippen molar-refractivity contribution in [3.05, 3.63) is 84.6 Å². The molecular formula is C39H40FN7O7S. The normalized spacial score (nSPS) is 26.5. The van der Waals surface area contributed by atoms with Crippen LogP contribution in [-0.2, 0) is 24.4 Å². The molecule has 2 aromatic carbocycles. The number of amides is 4. The van der Waals surface area contributed by atoms with E-state index >= 15 is 0 Å². The van der Waals surface area contributed by atoms with E-state index in [0.29, 0.717) is 48.5 Å². The summed E-state index contributed by atoms with van der Waals surface area (Å²) in [5.41, 5.74) is -1.37. The topological polar surface area (TPSA) is 190 Å². The number of hydrogen-bond donors (Lipinski definition) is 3. The van der Waals surface area contributed by atoms with Crippen LogP contribution in [0.2, 0.25) is 0 Å². The summed E-state index contributed by atoms with van der Waals surface area (Å²) in [4.78, 5) is 70.6. The van der Waals surface area contributed by atoms with Crippen LogP contribution in [0.25, 0.3) is 21.8 Å². The minimum absolute atomic E-state index is 0.0120. The van der Waals surface area contributed by atoms with Crippen LogP contribution in [0.4, 0.5) is 4.39 Å². The monoisotopic (exact) mass is 769 g/mol. The van der Waals surface area contributed by atoms with E-state index in [-0.39, 0.29) is 37.3 Å². The number of ether oxygens (including phenoxy) is 1. The van der Waals surface area contributed by atoms with E-state index in [2.05, 4.69) is 30.3 Å². The number of nitrogens with one attached hydrogen (secondary N) is 3. The average molecular weight is 770 g/mol. The summed E-state index contributed by atoms with van der Waals surface area (Å²) < 4.78 is 49.1. The van der Waals surface area contributed by atoms with E-state index in [0.717, 1.165) is 17.9 Å². The Labute approximate surface area is 316 Å². The van der Waals surface area contributed by atoms with E-state index in [1.165, 1.54) is 29.4 Å². The Bertz CT molecular complexity index is 2340. The lowest BCUT2D eigenvalue weighted by Gasteiger charge is -2.30. The van der Waals surface area contributed by atoms with Crippen LogP contribution >= 0.6 is 0 Å². The molecule has 2 aliphatic heterocycles. The van der Waals surface area contributed by atoms with Gasteiger partial charge in [-0.2, -0.15) is 4.98 Å². The summed E-state index contributed by atoms with van der Waals surface area (Å²) in [5, 5.41) is 7.10. The van der Waals surface area contributed by atoms with Gasteiger partial charge in [-0.1, -0.05) is 55.3 Å². The van der Waals surface area contributed by atoms with Gasteiger partial charge in [0.15, 0.2) is 5.65 Å². The largest absolute Gasteiger partial charge is 0.472 e. The Morgan fingerprint density at radius 1 is 0.982 bits per heavy atom. The molecule has 2 aliphatic carbocycles. The van der Waals surface area contributed by atoms with Crippen molar-refractivity contribution in [2.24, 2.45) is 5.92 Å². The fourth-order valence-electron chi connectivity index (χ4n) is 7.64. The number of hydrogen-bond acceptors (Lipinski definition) is 10. The number of rotatable bonds is 7. The minimum atomic E-state index is -3.92. The molecule has 16 heteroatoms. The predicted octanol–water partition coefficient (Wildman–Crippen LogP) is 3.47. The smallest absolute Gasteiger partial charge is 0.259 e. The number of carbonyl (C=O) groups excluding carboxylic acids is 4. The van der Waals surface area contributed by atoms with Gasteiger partial charge in [0.1, 0.15) is 35.9 Å². The number of carbonyl (C=O) groups is 4. The third-order valence-corrected chi connectivity index (χ3v) is 12.7. The molecule has 4 heterocycles. The first-order chi connectivity index (χ1) is 26.5. The molecule has 14 nitrogen and oxygen atoms in total. The van der Waals surface area contributed by atoms with Gasteiger partial charge in [-0.25, -0.2) is 22.8 Å². The number of pyridine rings is 1. The van der Waals surface area contributed by atoms with Crippen molar-refractivity contribution < 1.29 is 36.7 Å². The number of sulfonamides is 1. The van der Waals surface area contributed by atoms with Gasteiger partial charge in [0.25, 0.3) is 11.8 Å². The van der Waals surface area contributed by atoms with E-state index in [9.17, 15) is 32.0 Å². The summed E-state index contributed by atoms with van der Waals surface area (Å²) in [6.07, 6.45) is 9.97. The Hall–Kier alpha value is -5.51. The summed E-state index contributed by atoms with van der Waals surface area (Å²) >= 11 is 0. The highest BCUT2D eigenvalue weighted by Gasteiger charge is 2.62. The van der Waals surface area contributed by atoms with Gasteiger partial charge in [0, 0.05) is 29.3 Å². The van der Waals surface area contributed by atoms with E-state index in [1.807, 2.05) is 36.4 Å². The van der Waals surface area contributed by atoms with Crippen molar-refractivity contribution in [1.29, 1.82) is 0 Å². The maximum absolute atomic E-state index is 14.7. The maximum Gasteiger partial charge on any atom is 0.259 e. The van der Waals surface area contributed by atoms with Crippen molar-refractivity contribution in [2.45, 2.75) is 86.8 Å². The maximum atomic E-state index is 14.7. The highest BCUT2D eigenvalue weighted by molar-refractivity contribution is 7.91. The molecule has 0 spiro atoms. The highest BCUT2D eigenvalue weighted by Crippen LogP contribution is 2.46. The molecule has 286 valence electrons. The van der Waals surface area contributed by atoms with Crippen LogP contribution < -0.4 is 20.1 Å². The third kappa shape index (κ3) is 7.34. The Balaban J connectivity index is 1.13. The predicted molar refractivity (Wildman–Crippen MR) is 198 cm³/mol. The van der Waals surface area contributed by atoms with Crippen LogP contribution in [0.15, 0.2) is 73.2 Å². The van der Waals surface area contributed by atoms with Crippen LogP contribution in [0.3, 0.4) is 0 Å². The second-order valence-electron chi connectivity index (χ2n) is 14.7.